The molecule has 130 valence electrons. The molecule has 0 atom stereocenters. The molecule has 0 aliphatic carbocycles. The maximum atomic E-state index is 12.0. The molecule has 1 N–H and O–H groups in total. The zero-order valence-corrected chi connectivity index (χ0v) is 13.6. The Morgan fingerprint density at radius 2 is 1.96 bits per heavy atom. The van der Waals surface area contributed by atoms with Gasteiger partial charge in [-0.2, -0.15) is 0 Å². The Morgan fingerprint density at radius 1 is 1.08 bits per heavy atom. The van der Waals surface area contributed by atoms with Crippen LogP contribution < -0.4 is 10.2 Å². The molecule has 0 spiro atoms. The Morgan fingerprint density at radius 3 is 2.85 bits per heavy atom. The predicted octanol–water partition coefficient (Wildman–Crippen LogP) is 0.685. The average molecular weight is 350 g/mol. The van der Waals surface area contributed by atoms with E-state index in [1.807, 2.05) is 30.3 Å². The van der Waals surface area contributed by atoms with Crippen molar-refractivity contribution in [2.45, 2.75) is 13.2 Å². The summed E-state index contributed by atoms with van der Waals surface area (Å²) in [6, 6.07) is 12.8. The molecule has 26 heavy (non-hydrogen) atoms. The molecule has 0 saturated heterocycles. The fourth-order valence-electron chi connectivity index (χ4n) is 2.31. The number of hydrogen-bond acceptors (Lipinski definition) is 7. The van der Waals surface area contributed by atoms with E-state index in [0.29, 0.717) is 16.9 Å². The van der Waals surface area contributed by atoms with E-state index < -0.39 is 0 Å². The van der Waals surface area contributed by atoms with Crippen molar-refractivity contribution in [3.05, 3.63) is 60.6 Å². The molecule has 3 heterocycles. The monoisotopic (exact) mass is 350 g/mol. The summed E-state index contributed by atoms with van der Waals surface area (Å²) in [5.74, 6) is -0.194. The molecule has 1 amide bonds. The summed E-state index contributed by atoms with van der Waals surface area (Å²) in [6.45, 7) is 0.172. The van der Waals surface area contributed by atoms with Gasteiger partial charge in [-0.1, -0.05) is 28.3 Å². The van der Waals surface area contributed by atoms with E-state index in [2.05, 4.69) is 30.9 Å². The minimum absolute atomic E-state index is 0.0513. The molecule has 0 aliphatic heterocycles. The highest BCUT2D eigenvalue weighted by Crippen LogP contribution is 2.06. The number of benzene rings is 1. The van der Waals surface area contributed by atoms with Crippen LogP contribution in [0.15, 0.2) is 54.9 Å². The van der Waals surface area contributed by atoms with Gasteiger partial charge in [0.05, 0.1) is 6.20 Å². The van der Waals surface area contributed by atoms with Gasteiger partial charge in [-0.3, -0.25) is 4.79 Å². The molecule has 0 aliphatic rings. The fraction of sp³-hybridized carbons (Fsp3) is 0.125. The van der Waals surface area contributed by atoms with E-state index >= 15 is 0 Å². The molecule has 0 bridgehead atoms. The van der Waals surface area contributed by atoms with Gasteiger partial charge < -0.3 is 10.2 Å². The normalized spacial score (nSPS) is 10.8. The van der Waals surface area contributed by atoms with Crippen molar-refractivity contribution in [1.29, 1.82) is 0 Å². The molecule has 0 unspecified atom stereocenters. The maximum Gasteiger partial charge on any atom is 0.246 e. The van der Waals surface area contributed by atoms with E-state index in [1.54, 1.807) is 24.5 Å². The van der Waals surface area contributed by atoms with Crippen LogP contribution in [0.1, 0.15) is 5.69 Å². The van der Waals surface area contributed by atoms with Crippen LogP contribution in [0.4, 0.5) is 5.69 Å². The third kappa shape index (κ3) is 3.48. The van der Waals surface area contributed by atoms with Crippen LogP contribution in [0.3, 0.4) is 0 Å². The number of anilines is 1. The second kappa shape index (κ2) is 6.97. The number of rotatable bonds is 6. The van der Waals surface area contributed by atoms with Gasteiger partial charge in [-0.05, 0) is 29.5 Å². The van der Waals surface area contributed by atoms with Crippen molar-refractivity contribution >= 4 is 22.8 Å². The largest absolute Gasteiger partial charge is 0.387 e. The smallest absolute Gasteiger partial charge is 0.246 e. The Bertz CT molecular complexity index is 1030. The molecule has 4 aromatic rings. The molecular formula is C16H14N8O2. The van der Waals surface area contributed by atoms with Crippen LogP contribution in [0, 0.1) is 0 Å². The van der Waals surface area contributed by atoms with Crippen molar-refractivity contribution in [2.75, 3.05) is 5.32 Å². The number of nitrogens with zero attached hydrogens (tertiary/aromatic N) is 7. The molecule has 1 aromatic carbocycles. The first-order valence-corrected chi connectivity index (χ1v) is 7.81. The number of amides is 1. The molecule has 0 radical (unpaired) electrons. The highest BCUT2D eigenvalue weighted by molar-refractivity contribution is 5.90. The van der Waals surface area contributed by atoms with Gasteiger partial charge in [0.2, 0.25) is 11.6 Å². The summed E-state index contributed by atoms with van der Waals surface area (Å²) in [5.41, 5.74) is 2.43. The van der Waals surface area contributed by atoms with E-state index in [1.165, 1.54) is 9.53 Å². The molecular weight excluding hydrogens is 336 g/mol. The second-order valence-corrected chi connectivity index (χ2v) is 5.40. The summed E-state index contributed by atoms with van der Waals surface area (Å²) in [4.78, 5) is 22.9. The highest BCUT2D eigenvalue weighted by Gasteiger charge is 2.09. The first kappa shape index (κ1) is 15.7. The van der Waals surface area contributed by atoms with Gasteiger partial charge in [0.15, 0.2) is 6.61 Å². The summed E-state index contributed by atoms with van der Waals surface area (Å²) in [7, 11) is 0. The third-order valence-corrected chi connectivity index (χ3v) is 3.46. The number of carbonyl (C=O) groups is 1. The number of fused-ring (bicyclic) bond motifs is 1. The van der Waals surface area contributed by atoms with Gasteiger partial charge in [0.1, 0.15) is 17.8 Å². The molecule has 10 heteroatoms. The number of carbonyl (C=O) groups excluding carboxylic acids is 1. The summed E-state index contributed by atoms with van der Waals surface area (Å²) >= 11 is 0. The van der Waals surface area contributed by atoms with Crippen LogP contribution in [0.5, 0.6) is 0 Å². The lowest BCUT2D eigenvalue weighted by Crippen LogP contribution is -2.19. The standard InChI is InChI=1S/C16H14N8O2/c25-15(18-12-5-2-1-3-6-12)10-23-9-13(19-21-23)11-26-24-16-14(20-22-24)7-4-8-17-16/h1-9H,10-11H2,(H,18,25). The van der Waals surface area contributed by atoms with Crippen LogP contribution >= 0.6 is 0 Å². The van der Waals surface area contributed by atoms with E-state index in [0.717, 1.165) is 5.69 Å². The van der Waals surface area contributed by atoms with Crippen molar-refractivity contribution in [3.63, 3.8) is 0 Å². The summed E-state index contributed by atoms with van der Waals surface area (Å²) < 4.78 is 1.44. The van der Waals surface area contributed by atoms with E-state index in [-0.39, 0.29) is 19.1 Å². The maximum absolute atomic E-state index is 12.0. The van der Waals surface area contributed by atoms with Crippen LogP contribution in [0.2, 0.25) is 0 Å². The number of nitrogens with one attached hydrogen (secondary N) is 1. The summed E-state index contributed by atoms with van der Waals surface area (Å²) in [6.07, 6.45) is 3.27. The molecule has 0 fully saturated rings. The zero-order chi connectivity index (χ0) is 17.8. The number of para-hydroxylation sites is 1. The molecule has 0 saturated carbocycles. The van der Waals surface area contributed by atoms with Crippen LogP contribution in [0.25, 0.3) is 11.2 Å². The first-order valence-electron chi connectivity index (χ1n) is 7.81. The van der Waals surface area contributed by atoms with Crippen LogP contribution in [-0.4, -0.2) is 41.0 Å². The van der Waals surface area contributed by atoms with Crippen molar-refractivity contribution in [3.8, 4) is 0 Å². The van der Waals surface area contributed by atoms with Gasteiger partial charge in [-0.15, -0.1) is 10.2 Å². The van der Waals surface area contributed by atoms with Crippen molar-refractivity contribution in [2.24, 2.45) is 0 Å². The highest BCUT2D eigenvalue weighted by atomic mass is 16.7. The Hall–Kier alpha value is -3.82. The quantitative estimate of drug-likeness (QED) is 0.544. The Balaban J connectivity index is 1.35. The van der Waals surface area contributed by atoms with Gasteiger partial charge >= 0.3 is 0 Å². The van der Waals surface area contributed by atoms with Gasteiger partial charge in [0.25, 0.3) is 0 Å². The van der Waals surface area contributed by atoms with Crippen molar-refractivity contribution in [1.82, 2.24) is 35.1 Å². The Labute approximate surface area is 147 Å². The SMILES string of the molecule is O=C(Cn1cc(COn2nnc3cccnc32)nn1)Nc1ccccc1. The number of aromatic nitrogens is 7. The molecule has 3 aromatic heterocycles. The molecule has 10 nitrogen and oxygen atoms in total. The first-order chi connectivity index (χ1) is 12.8. The second-order valence-electron chi connectivity index (χ2n) is 5.40. The number of pyridine rings is 1. The lowest BCUT2D eigenvalue weighted by Gasteiger charge is -2.04. The van der Waals surface area contributed by atoms with Crippen LogP contribution in [-0.2, 0) is 17.9 Å². The minimum atomic E-state index is -0.194. The predicted molar refractivity (Wildman–Crippen MR) is 90.7 cm³/mol. The third-order valence-electron chi connectivity index (χ3n) is 3.46. The van der Waals surface area contributed by atoms with Gasteiger partial charge in [-0.25, -0.2) is 9.67 Å². The lowest BCUT2D eigenvalue weighted by atomic mass is 10.3. The lowest BCUT2D eigenvalue weighted by molar-refractivity contribution is -0.116. The van der Waals surface area contributed by atoms with Crippen molar-refractivity contribution < 1.29 is 9.63 Å². The molecule has 4 rings (SSSR count). The minimum Gasteiger partial charge on any atom is -0.387 e. The zero-order valence-electron chi connectivity index (χ0n) is 13.6. The fourth-order valence-corrected chi connectivity index (χ4v) is 2.31. The Kier molecular flexibility index (Phi) is 4.21. The average Bonchev–Trinajstić information content (AvgIpc) is 3.27. The summed E-state index contributed by atoms with van der Waals surface area (Å²) in [5, 5.41) is 18.5. The van der Waals surface area contributed by atoms with Gasteiger partial charge in [0, 0.05) is 11.9 Å². The van der Waals surface area contributed by atoms with E-state index in [4.69, 9.17) is 4.84 Å². The topological polar surface area (TPSA) is 113 Å². The number of hydrogen-bond donors (Lipinski definition) is 1. The van der Waals surface area contributed by atoms with E-state index in [9.17, 15) is 4.79 Å².